The summed E-state index contributed by atoms with van der Waals surface area (Å²) in [7, 11) is 0. The van der Waals surface area contributed by atoms with Gasteiger partial charge in [-0.3, -0.25) is 4.79 Å². The fourth-order valence-electron chi connectivity index (χ4n) is 2.20. The van der Waals surface area contributed by atoms with Gasteiger partial charge in [0.05, 0.1) is 6.04 Å². The quantitative estimate of drug-likeness (QED) is 0.743. The Balaban J connectivity index is 2.06. The van der Waals surface area contributed by atoms with Crippen LogP contribution < -0.4 is 0 Å². The Morgan fingerprint density at radius 1 is 1.35 bits per heavy atom. The molecule has 2 unspecified atom stereocenters. The van der Waals surface area contributed by atoms with Crippen LogP contribution in [0.3, 0.4) is 0 Å². The van der Waals surface area contributed by atoms with Crippen LogP contribution in [0.15, 0.2) is 30.3 Å². The first-order chi connectivity index (χ1) is 8.29. The third-order valence-corrected chi connectivity index (χ3v) is 2.97. The minimum atomic E-state index is -1.15. The predicted octanol–water partition coefficient (Wildman–Crippen LogP) is 2.09. The van der Waals surface area contributed by atoms with Gasteiger partial charge >= 0.3 is 0 Å². The van der Waals surface area contributed by atoms with Crippen LogP contribution in [0, 0.1) is 0 Å². The minimum Gasteiger partial charge on any atom is -0.294 e. The Kier molecular flexibility index (Phi) is 2.24. The van der Waals surface area contributed by atoms with E-state index < -0.39 is 6.17 Å². The molecular weight excluding hydrogens is 221 g/mol. The summed E-state index contributed by atoms with van der Waals surface area (Å²) in [6.45, 7) is 0. The van der Waals surface area contributed by atoms with E-state index in [4.69, 9.17) is 0 Å². The molecular formula is C12H10FN3O. The molecule has 0 amide bonds. The molecule has 1 aliphatic rings. The van der Waals surface area contributed by atoms with E-state index in [0.717, 1.165) is 5.56 Å². The van der Waals surface area contributed by atoms with Gasteiger partial charge in [-0.15, -0.1) is 5.10 Å². The van der Waals surface area contributed by atoms with Gasteiger partial charge in [0.25, 0.3) is 0 Å². The van der Waals surface area contributed by atoms with E-state index in [1.165, 1.54) is 4.68 Å². The number of hydrogen-bond donors (Lipinski definition) is 0. The maximum atomic E-state index is 13.8. The number of halogens is 1. The van der Waals surface area contributed by atoms with Gasteiger partial charge in [0.1, 0.15) is 0 Å². The summed E-state index contributed by atoms with van der Waals surface area (Å²) in [5.41, 5.74) is 0.983. The molecule has 0 fully saturated rings. The second kappa shape index (κ2) is 3.76. The number of alkyl halides is 1. The van der Waals surface area contributed by atoms with Gasteiger partial charge in [-0.05, 0) is 5.56 Å². The van der Waals surface area contributed by atoms with Crippen LogP contribution in [0.5, 0.6) is 0 Å². The van der Waals surface area contributed by atoms with E-state index in [9.17, 15) is 9.18 Å². The molecule has 0 radical (unpaired) electrons. The molecule has 0 bridgehead atoms. The normalized spacial score (nSPS) is 22.4. The third-order valence-electron chi connectivity index (χ3n) is 2.97. The minimum absolute atomic E-state index is 0.0447. The highest BCUT2D eigenvalue weighted by Gasteiger charge is 2.35. The number of nitrogens with zero attached hydrogens (tertiary/aromatic N) is 3. The molecule has 1 aromatic carbocycles. The molecule has 0 saturated heterocycles. The molecule has 86 valence electrons. The zero-order chi connectivity index (χ0) is 11.8. The highest BCUT2D eigenvalue weighted by atomic mass is 19.1. The van der Waals surface area contributed by atoms with E-state index in [-0.39, 0.29) is 17.7 Å². The molecule has 17 heavy (non-hydrogen) atoms. The molecule has 0 N–H and O–H groups in total. The average molecular weight is 231 g/mol. The Bertz CT molecular complexity index is 552. The van der Waals surface area contributed by atoms with Gasteiger partial charge < -0.3 is 0 Å². The predicted molar refractivity (Wildman–Crippen MR) is 58.5 cm³/mol. The first-order valence-electron chi connectivity index (χ1n) is 5.40. The Hall–Kier alpha value is -2.04. The van der Waals surface area contributed by atoms with Gasteiger partial charge in [-0.2, -0.15) is 0 Å². The smallest absolute Gasteiger partial charge is 0.214 e. The Morgan fingerprint density at radius 2 is 2.12 bits per heavy atom. The lowest BCUT2D eigenvalue weighted by Gasteiger charge is -2.10. The lowest BCUT2D eigenvalue weighted by atomic mass is 10.0. The highest BCUT2D eigenvalue weighted by Crippen LogP contribution is 2.38. The van der Waals surface area contributed by atoms with Crippen molar-refractivity contribution in [3.05, 3.63) is 47.5 Å². The average Bonchev–Trinajstić information content (AvgIpc) is 2.91. The van der Waals surface area contributed by atoms with Crippen molar-refractivity contribution in [1.29, 1.82) is 0 Å². The number of aromatic nitrogens is 3. The standard InChI is InChI=1S/C12H10FN3O/c13-9-6-10(8-4-2-1-3-5-8)16-12(9)14-11(7-17)15-16/h1-5,7,9-10H,6H2. The summed E-state index contributed by atoms with van der Waals surface area (Å²) in [6, 6.07) is 9.40. The summed E-state index contributed by atoms with van der Waals surface area (Å²) < 4.78 is 15.3. The van der Waals surface area contributed by atoms with Crippen LogP contribution in [0.1, 0.15) is 40.6 Å². The molecule has 1 aromatic heterocycles. The number of hydrogen-bond acceptors (Lipinski definition) is 3. The van der Waals surface area contributed by atoms with Gasteiger partial charge in [0.2, 0.25) is 5.82 Å². The van der Waals surface area contributed by atoms with Crippen LogP contribution in [0.2, 0.25) is 0 Å². The van der Waals surface area contributed by atoms with Crippen molar-refractivity contribution in [3.8, 4) is 0 Å². The van der Waals surface area contributed by atoms with Gasteiger partial charge in [-0.25, -0.2) is 14.1 Å². The summed E-state index contributed by atoms with van der Waals surface area (Å²) in [5.74, 6) is 0.296. The molecule has 4 nitrogen and oxygen atoms in total. The van der Waals surface area contributed by atoms with Crippen molar-refractivity contribution >= 4 is 6.29 Å². The first-order valence-corrected chi connectivity index (χ1v) is 5.40. The van der Waals surface area contributed by atoms with Crippen molar-refractivity contribution in [2.45, 2.75) is 18.6 Å². The second-order valence-corrected chi connectivity index (χ2v) is 4.02. The molecule has 1 aliphatic heterocycles. The molecule has 5 heteroatoms. The van der Waals surface area contributed by atoms with E-state index in [0.29, 0.717) is 12.7 Å². The molecule has 2 aromatic rings. The van der Waals surface area contributed by atoms with E-state index >= 15 is 0 Å². The Morgan fingerprint density at radius 3 is 2.82 bits per heavy atom. The summed E-state index contributed by atoms with van der Waals surface area (Å²) >= 11 is 0. The molecule has 2 heterocycles. The number of aldehydes is 1. The topological polar surface area (TPSA) is 47.8 Å². The fraction of sp³-hybridized carbons (Fsp3) is 0.250. The van der Waals surface area contributed by atoms with Gasteiger partial charge in [0.15, 0.2) is 18.3 Å². The summed E-state index contributed by atoms with van der Waals surface area (Å²) in [5, 5.41) is 4.01. The van der Waals surface area contributed by atoms with Crippen LogP contribution in [-0.4, -0.2) is 21.1 Å². The van der Waals surface area contributed by atoms with Crippen molar-refractivity contribution in [3.63, 3.8) is 0 Å². The van der Waals surface area contributed by atoms with E-state index in [1.54, 1.807) is 0 Å². The zero-order valence-corrected chi connectivity index (χ0v) is 8.95. The maximum Gasteiger partial charge on any atom is 0.214 e. The van der Waals surface area contributed by atoms with Crippen LogP contribution in [-0.2, 0) is 0 Å². The summed E-state index contributed by atoms with van der Waals surface area (Å²) in [4.78, 5) is 14.5. The third kappa shape index (κ3) is 1.54. The summed E-state index contributed by atoms with van der Waals surface area (Å²) in [6.07, 6.45) is -0.278. The molecule has 0 aliphatic carbocycles. The number of carbonyl (C=O) groups is 1. The van der Waals surface area contributed by atoms with Crippen molar-refractivity contribution in [1.82, 2.24) is 14.8 Å². The molecule has 2 atom stereocenters. The lowest BCUT2D eigenvalue weighted by molar-refractivity contribution is 0.111. The number of benzene rings is 1. The number of rotatable bonds is 2. The second-order valence-electron chi connectivity index (χ2n) is 4.02. The van der Waals surface area contributed by atoms with Crippen LogP contribution in [0.4, 0.5) is 4.39 Å². The van der Waals surface area contributed by atoms with Gasteiger partial charge in [0, 0.05) is 6.42 Å². The van der Waals surface area contributed by atoms with Gasteiger partial charge in [-0.1, -0.05) is 30.3 Å². The highest BCUT2D eigenvalue weighted by molar-refractivity contribution is 5.68. The van der Waals surface area contributed by atoms with Crippen LogP contribution in [0.25, 0.3) is 0 Å². The van der Waals surface area contributed by atoms with Crippen molar-refractivity contribution in [2.75, 3.05) is 0 Å². The van der Waals surface area contributed by atoms with Crippen LogP contribution >= 0.6 is 0 Å². The first kappa shape index (κ1) is 10.1. The van der Waals surface area contributed by atoms with E-state index in [2.05, 4.69) is 10.1 Å². The maximum absolute atomic E-state index is 13.8. The largest absolute Gasteiger partial charge is 0.294 e. The van der Waals surface area contributed by atoms with E-state index in [1.807, 2.05) is 30.3 Å². The Labute approximate surface area is 97.1 Å². The number of carbonyl (C=O) groups excluding carboxylic acids is 1. The zero-order valence-electron chi connectivity index (χ0n) is 8.95. The van der Waals surface area contributed by atoms with Crippen molar-refractivity contribution in [2.24, 2.45) is 0 Å². The number of fused-ring (bicyclic) bond motifs is 1. The molecule has 3 rings (SSSR count). The molecule has 0 spiro atoms. The fourth-order valence-corrected chi connectivity index (χ4v) is 2.20. The lowest BCUT2D eigenvalue weighted by Crippen LogP contribution is -2.07. The molecule has 0 saturated carbocycles. The SMILES string of the molecule is O=Cc1nc2n(n1)C(c1ccccc1)CC2F. The van der Waals surface area contributed by atoms with Crippen molar-refractivity contribution < 1.29 is 9.18 Å². The monoisotopic (exact) mass is 231 g/mol.